The fraction of sp³-hybridized carbons (Fsp3) is 0.478. The van der Waals surface area contributed by atoms with Crippen molar-refractivity contribution in [2.75, 3.05) is 12.0 Å². The number of carbonyl (C=O) groups is 6. The molecule has 0 aliphatic heterocycles. The van der Waals surface area contributed by atoms with E-state index in [9.17, 15) is 33.9 Å². The van der Waals surface area contributed by atoms with Crippen LogP contribution in [0.25, 0.3) is 0 Å². The number of hydrogen-bond donors (Lipinski definition) is 7. The average molecular weight is 539 g/mol. The molecule has 1 rings (SSSR count). The van der Waals surface area contributed by atoms with Crippen LogP contribution in [-0.4, -0.2) is 76.8 Å². The lowest BCUT2D eigenvalue weighted by Gasteiger charge is -2.25. The van der Waals surface area contributed by atoms with E-state index in [0.717, 1.165) is 0 Å². The first-order chi connectivity index (χ1) is 17.4. The Hall–Kier alpha value is -3.65. The highest BCUT2D eigenvalue weighted by atomic mass is 32.2. The fourth-order valence-electron chi connectivity index (χ4n) is 3.24. The van der Waals surface area contributed by atoms with Crippen molar-refractivity contribution in [3.8, 4) is 0 Å². The second-order valence-electron chi connectivity index (χ2n) is 8.27. The van der Waals surface area contributed by atoms with Crippen molar-refractivity contribution < 1.29 is 33.9 Å². The molecule has 1 aromatic carbocycles. The Labute approximate surface area is 218 Å². The van der Waals surface area contributed by atoms with E-state index in [0.29, 0.717) is 11.3 Å². The van der Waals surface area contributed by atoms with E-state index in [-0.39, 0.29) is 25.7 Å². The van der Waals surface area contributed by atoms with E-state index in [4.69, 9.17) is 17.2 Å². The van der Waals surface area contributed by atoms with Crippen molar-refractivity contribution in [3.05, 3.63) is 35.9 Å². The Kier molecular flexibility index (Phi) is 13.7. The van der Waals surface area contributed by atoms with Gasteiger partial charge in [-0.05, 0) is 30.4 Å². The quantitative estimate of drug-likeness (QED) is 0.116. The first kappa shape index (κ1) is 31.4. The van der Waals surface area contributed by atoms with Crippen LogP contribution in [0.3, 0.4) is 0 Å². The number of primary amides is 2. The Balaban J connectivity index is 3.02. The third-order valence-corrected chi connectivity index (χ3v) is 5.86. The highest BCUT2D eigenvalue weighted by Crippen LogP contribution is 2.07. The lowest BCUT2D eigenvalue weighted by molar-refractivity contribution is -0.142. The van der Waals surface area contributed by atoms with Gasteiger partial charge in [-0.15, -0.1) is 0 Å². The van der Waals surface area contributed by atoms with E-state index < -0.39 is 66.1 Å². The Morgan fingerprint density at radius 3 is 1.89 bits per heavy atom. The van der Waals surface area contributed by atoms with Gasteiger partial charge in [-0.25, -0.2) is 4.79 Å². The summed E-state index contributed by atoms with van der Waals surface area (Å²) in [5.74, 6) is -4.72. The molecular weight excluding hydrogens is 504 g/mol. The summed E-state index contributed by atoms with van der Waals surface area (Å²) in [6.07, 6.45) is 1.05. The molecule has 13 nitrogen and oxygen atoms in total. The summed E-state index contributed by atoms with van der Waals surface area (Å²) < 4.78 is 0. The number of hydrogen-bond acceptors (Lipinski definition) is 8. The predicted molar refractivity (Wildman–Crippen MR) is 137 cm³/mol. The minimum absolute atomic E-state index is 0.0114. The number of nitrogens with two attached hydrogens (primary N) is 3. The zero-order chi connectivity index (χ0) is 28.0. The highest BCUT2D eigenvalue weighted by molar-refractivity contribution is 7.98. The average Bonchev–Trinajstić information content (AvgIpc) is 2.83. The number of thioether (sulfide) groups is 1. The van der Waals surface area contributed by atoms with Crippen molar-refractivity contribution in [3.63, 3.8) is 0 Å². The minimum Gasteiger partial charge on any atom is -0.480 e. The summed E-state index contributed by atoms with van der Waals surface area (Å²) in [5.41, 5.74) is 16.6. The molecule has 4 atom stereocenters. The van der Waals surface area contributed by atoms with Crippen LogP contribution in [0.5, 0.6) is 0 Å². The number of carbonyl (C=O) groups excluding carboxylic acids is 5. The van der Waals surface area contributed by atoms with Gasteiger partial charge in [-0.1, -0.05) is 30.3 Å². The van der Waals surface area contributed by atoms with E-state index in [1.165, 1.54) is 11.8 Å². The topological polar surface area (TPSA) is 237 Å². The number of carboxylic acids is 1. The molecule has 0 bridgehead atoms. The van der Waals surface area contributed by atoms with Crippen LogP contribution < -0.4 is 33.2 Å². The highest BCUT2D eigenvalue weighted by Gasteiger charge is 2.30. The molecule has 0 saturated carbocycles. The number of rotatable bonds is 17. The van der Waals surface area contributed by atoms with Crippen LogP contribution in [0.4, 0.5) is 0 Å². The maximum Gasteiger partial charge on any atom is 0.326 e. The van der Waals surface area contributed by atoms with Crippen LogP contribution >= 0.6 is 11.8 Å². The number of carboxylic acid groups (broad SMARTS) is 1. The monoisotopic (exact) mass is 538 g/mol. The Morgan fingerprint density at radius 1 is 0.838 bits per heavy atom. The van der Waals surface area contributed by atoms with Gasteiger partial charge in [-0.3, -0.25) is 24.0 Å². The molecule has 0 saturated heterocycles. The fourth-order valence-corrected chi connectivity index (χ4v) is 3.71. The van der Waals surface area contributed by atoms with Gasteiger partial charge in [-0.2, -0.15) is 11.8 Å². The molecule has 4 unspecified atom stereocenters. The number of aliphatic carboxylic acids is 1. The molecule has 0 spiro atoms. The normalized spacial score (nSPS) is 13.9. The SMILES string of the molecule is CSCCC(NC(=O)C(N)CC(N)=O)C(=O)NC(CCC(N)=O)C(=O)NC(Cc1ccccc1)C(=O)O. The molecule has 10 N–H and O–H groups in total. The van der Waals surface area contributed by atoms with Crippen molar-refractivity contribution in [2.24, 2.45) is 17.2 Å². The largest absolute Gasteiger partial charge is 0.480 e. The lowest BCUT2D eigenvalue weighted by atomic mass is 10.0. The van der Waals surface area contributed by atoms with Crippen molar-refractivity contribution in [2.45, 2.75) is 56.3 Å². The van der Waals surface area contributed by atoms with Gasteiger partial charge in [0.2, 0.25) is 29.5 Å². The van der Waals surface area contributed by atoms with E-state index in [1.807, 2.05) is 0 Å². The molecule has 0 aliphatic carbocycles. The zero-order valence-corrected chi connectivity index (χ0v) is 21.3. The standard InChI is InChI=1S/C23H34N6O7S/c1-37-10-9-16(27-20(32)14(24)12-19(26)31)22(34)28-15(7-8-18(25)30)21(33)29-17(23(35)36)11-13-5-3-2-4-6-13/h2-6,14-17H,7-12,24H2,1H3,(H2,25,30)(H2,26,31)(H,27,32)(H,28,34)(H,29,33)(H,35,36). The summed E-state index contributed by atoms with van der Waals surface area (Å²) in [6, 6.07) is 3.61. The maximum atomic E-state index is 13.0. The van der Waals surface area contributed by atoms with Crippen LogP contribution in [0.1, 0.15) is 31.2 Å². The molecule has 0 fully saturated rings. The number of benzene rings is 1. The Morgan fingerprint density at radius 2 is 1.38 bits per heavy atom. The van der Waals surface area contributed by atoms with Crippen LogP contribution in [0.15, 0.2) is 30.3 Å². The second-order valence-corrected chi connectivity index (χ2v) is 9.26. The third kappa shape index (κ3) is 12.2. The molecule has 0 heterocycles. The van der Waals surface area contributed by atoms with Gasteiger partial charge in [0.05, 0.1) is 12.5 Å². The molecule has 0 aliphatic rings. The van der Waals surface area contributed by atoms with Crippen molar-refractivity contribution >= 4 is 47.3 Å². The lowest BCUT2D eigenvalue weighted by Crippen LogP contribution is -2.57. The van der Waals surface area contributed by atoms with E-state index >= 15 is 0 Å². The first-order valence-corrected chi connectivity index (χ1v) is 12.8. The van der Waals surface area contributed by atoms with E-state index in [1.54, 1.807) is 36.6 Å². The number of nitrogens with one attached hydrogen (secondary N) is 3. The first-order valence-electron chi connectivity index (χ1n) is 11.4. The summed E-state index contributed by atoms with van der Waals surface area (Å²) in [7, 11) is 0. The molecule has 37 heavy (non-hydrogen) atoms. The van der Waals surface area contributed by atoms with Gasteiger partial charge < -0.3 is 38.3 Å². The van der Waals surface area contributed by atoms with Gasteiger partial charge in [0, 0.05) is 12.8 Å². The molecule has 14 heteroatoms. The second kappa shape index (κ2) is 16.2. The van der Waals surface area contributed by atoms with Crippen LogP contribution in [0, 0.1) is 0 Å². The number of amides is 5. The zero-order valence-electron chi connectivity index (χ0n) is 20.5. The van der Waals surface area contributed by atoms with E-state index in [2.05, 4.69) is 16.0 Å². The van der Waals surface area contributed by atoms with Crippen LogP contribution in [-0.2, 0) is 35.2 Å². The molecule has 1 aromatic rings. The summed E-state index contributed by atoms with van der Waals surface area (Å²) >= 11 is 1.40. The molecule has 204 valence electrons. The van der Waals surface area contributed by atoms with Gasteiger partial charge in [0.25, 0.3) is 0 Å². The van der Waals surface area contributed by atoms with Gasteiger partial charge in [0.1, 0.15) is 18.1 Å². The minimum atomic E-state index is -1.31. The third-order valence-electron chi connectivity index (χ3n) is 5.21. The molecule has 5 amide bonds. The molecular formula is C23H34N6O7S. The molecule has 0 radical (unpaired) electrons. The summed E-state index contributed by atoms with van der Waals surface area (Å²) in [4.78, 5) is 72.5. The van der Waals surface area contributed by atoms with Gasteiger partial charge >= 0.3 is 5.97 Å². The summed E-state index contributed by atoms with van der Waals surface area (Å²) in [5, 5.41) is 16.9. The Bertz CT molecular complexity index is 962. The van der Waals surface area contributed by atoms with Crippen molar-refractivity contribution in [1.82, 2.24) is 16.0 Å². The maximum absolute atomic E-state index is 13.0. The summed E-state index contributed by atoms with van der Waals surface area (Å²) in [6.45, 7) is 0. The van der Waals surface area contributed by atoms with Gasteiger partial charge in [0.15, 0.2) is 0 Å². The smallest absolute Gasteiger partial charge is 0.326 e. The van der Waals surface area contributed by atoms with Crippen LogP contribution in [0.2, 0.25) is 0 Å². The van der Waals surface area contributed by atoms with Crippen molar-refractivity contribution in [1.29, 1.82) is 0 Å². The molecule has 0 aromatic heterocycles. The predicted octanol–water partition coefficient (Wildman–Crippen LogP) is -2.01.